The average molecular weight is 290 g/mol. The van der Waals surface area contributed by atoms with Crippen molar-refractivity contribution in [3.8, 4) is 0 Å². The van der Waals surface area contributed by atoms with Gasteiger partial charge >= 0.3 is 5.78 Å². The first-order valence-corrected chi connectivity index (χ1v) is 6.65. The summed E-state index contributed by atoms with van der Waals surface area (Å²) in [6, 6.07) is 8.46. The van der Waals surface area contributed by atoms with Gasteiger partial charge in [-0.15, -0.1) is 0 Å². The summed E-state index contributed by atoms with van der Waals surface area (Å²) >= 11 is 0. The van der Waals surface area contributed by atoms with Crippen LogP contribution in [0.2, 0.25) is 0 Å². The van der Waals surface area contributed by atoms with Gasteiger partial charge < -0.3 is 12.4 Å². The largest absolute Gasteiger partial charge is 1.00 e. The minimum Gasteiger partial charge on any atom is -1.00 e. The molecule has 106 valence electrons. The average Bonchev–Trinajstić information content (AvgIpc) is 2.89. The molecular weight excluding hydrogens is 270 g/mol. The molecule has 3 nitrogen and oxygen atoms in total. The summed E-state index contributed by atoms with van der Waals surface area (Å²) in [7, 11) is 0. The molecule has 1 aromatic carbocycles. The molecule has 0 fully saturated rings. The highest BCUT2D eigenvalue weighted by Crippen LogP contribution is 2.23. The SMILES string of the molecule is C=CC[n+]1c2ccccc2n2cc(C(C)(C)C)[nH]c21.[Cl-]. The van der Waals surface area contributed by atoms with Crippen LogP contribution in [0.15, 0.2) is 43.1 Å². The highest BCUT2D eigenvalue weighted by atomic mass is 35.5. The lowest BCUT2D eigenvalue weighted by molar-refractivity contribution is -0.636. The van der Waals surface area contributed by atoms with Gasteiger partial charge in [0.15, 0.2) is 0 Å². The number of halogens is 1. The molecule has 0 radical (unpaired) electrons. The Morgan fingerprint density at radius 3 is 2.65 bits per heavy atom. The number of aromatic amines is 1. The third kappa shape index (κ3) is 2.12. The number of nitrogens with zero attached hydrogens (tertiary/aromatic N) is 2. The number of hydrogen-bond acceptors (Lipinski definition) is 0. The molecule has 0 unspecified atom stereocenters. The van der Waals surface area contributed by atoms with Crippen LogP contribution in [-0.4, -0.2) is 9.38 Å². The molecule has 0 aliphatic carbocycles. The fourth-order valence-corrected chi connectivity index (χ4v) is 2.49. The van der Waals surface area contributed by atoms with E-state index in [1.54, 1.807) is 0 Å². The molecule has 0 atom stereocenters. The zero-order valence-electron chi connectivity index (χ0n) is 12.2. The lowest BCUT2D eigenvalue weighted by Gasteiger charge is -2.12. The zero-order valence-corrected chi connectivity index (χ0v) is 12.9. The predicted molar refractivity (Wildman–Crippen MR) is 78.3 cm³/mol. The second kappa shape index (κ2) is 4.98. The summed E-state index contributed by atoms with van der Waals surface area (Å²) in [4.78, 5) is 3.56. The topological polar surface area (TPSA) is 24.1 Å². The van der Waals surface area contributed by atoms with Crippen LogP contribution in [-0.2, 0) is 12.0 Å². The fourth-order valence-electron chi connectivity index (χ4n) is 2.49. The van der Waals surface area contributed by atoms with Gasteiger partial charge in [-0.2, -0.15) is 4.40 Å². The van der Waals surface area contributed by atoms with E-state index in [9.17, 15) is 0 Å². The van der Waals surface area contributed by atoms with Gasteiger partial charge in [0.05, 0.1) is 6.54 Å². The van der Waals surface area contributed by atoms with Crippen molar-refractivity contribution in [1.29, 1.82) is 0 Å². The highest BCUT2D eigenvalue weighted by molar-refractivity contribution is 5.75. The number of fused-ring (bicyclic) bond motifs is 3. The minimum atomic E-state index is 0. The number of H-pyrrole nitrogens is 1. The fraction of sp³-hybridized carbons (Fsp3) is 0.312. The van der Waals surface area contributed by atoms with Gasteiger partial charge in [-0.25, -0.2) is 9.55 Å². The summed E-state index contributed by atoms with van der Waals surface area (Å²) in [6.07, 6.45) is 4.14. The van der Waals surface area contributed by atoms with Crippen LogP contribution in [0.4, 0.5) is 0 Å². The predicted octanol–water partition coefficient (Wildman–Crippen LogP) is 0.196. The Balaban J connectivity index is 0.00000147. The monoisotopic (exact) mass is 289 g/mol. The molecule has 0 bridgehead atoms. The molecule has 0 amide bonds. The Hall–Kier alpha value is -1.74. The normalized spacial score (nSPS) is 11.8. The maximum Gasteiger partial charge on any atom is 0.368 e. The quantitative estimate of drug-likeness (QED) is 0.515. The van der Waals surface area contributed by atoms with Crippen molar-refractivity contribution in [2.24, 2.45) is 0 Å². The first-order chi connectivity index (χ1) is 9.02. The molecule has 0 saturated carbocycles. The standard InChI is InChI=1S/C16H19N3.ClH/c1-5-10-18-12-8-6-7-9-13(12)19-11-14(16(2,3)4)17-15(18)19;/h5-9,11H,1,10H2,2-4H3;1H. The van der Waals surface area contributed by atoms with Crippen molar-refractivity contribution in [3.63, 3.8) is 0 Å². The van der Waals surface area contributed by atoms with Crippen molar-refractivity contribution < 1.29 is 17.0 Å². The second-order valence-corrected chi connectivity index (χ2v) is 6.00. The molecular formula is C16H20ClN3. The van der Waals surface area contributed by atoms with E-state index in [1.807, 2.05) is 6.08 Å². The van der Waals surface area contributed by atoms with Crippen LogP contribution >= 0.6 is 0 Å². The van der Waals surface area contributed by atoms with E-state index >= 15 is 0 Å². The van der Waals surface area contributed by atoms with Crippen molar-refractivity contribution in [1.82, 2.24) is 9.38 Å². The van der Waals surface area contributed by atoms with Crippen LogP contribution in [0, 0.1) is 0 Å². The first kappa shape index (κ1) is 14.7. The van der Waals surface area contributed by atoms with Crippen molar-refractivity contribution in [2.45, 2.75) is 32.7 Å². The zero-order chi connectivity index (χ0) is 13.6. The Kier molecular flexibility index (Phi) is 3.65. The van der Waals surface area contributed by atoms with Crippen LogP contribution < -0.4 is 17.0 Å². The molecule has 1 N–H and O–H groups in total. The molecule has 0 spiro atoms. The molecule has 20 heavy (non-hydrogen) atoms. The van der Waals surface area contributed by atoms with Crippen molar-refractivity contribution >= 4 is 16.8 Å². The first-order valence-electron chi connectivity index (χ1n) is 6.65. The Bertz CT molecular complexity index is 759. The highest BCUT2D eigenvalue weighted by Gasteiger charge is 2.25. The van der Waals surface area contributed by atoms with Gasteiger partial charge in [0.1, 0.15) is 22.9 Å². The van der Waals surface area contributed by atoms with Gasteiger partial charge in [-0.05, 0) is 12.1 Å². The number of rotatable bonds is 2. The Morgan fingerprint density at radius 2 is 2.00 bits per heavy atom. The summed E-state index contributed by atoms with van der Waals surface area (Å²) in [6.45, 7) is 11.3. The van der Waals surface area contributed by atoms with Crippen LogP contribution in [0.5, 0.6) is 0 Å². The molecule has 0 aliphatic heterocycles. The van der Waals surface area contributed by atoms with E-state index in [4.69, 9.17) is 0 Å². The van der Waals surface area contributed by atoms with E-state index < -0.39 is 0 Å². The molecule has 0 saturated heterocycles. The molecule has 4 heteroatoms. The van der Waals surface area contributed by atoms with E-state index in [2.05, 4.69) is 71.8 Å². The van der Waals surface area contributed by atoms with Gasteiger partial charge in [0, 0.05) is 5.41 Å². The number of nitrogens with one attached hydrogen (secondary N) is 1. The number of allylic oxidation sites excluding steroid dienone is 1. The number of benzene rings is 1. The van der Waals surface area contributed by atoms with Crippen molar-refractivity contribution in [3.05, 3.63) is 48.8 Å². The Labute approximate surface area is 125 Å². The van der Waals surface area contributed by atoms with Gasteiger partial charge in [0.25, 0.3) is 0 Å². The van der Waals surface area contributed by atoms with Gasteiger partial charge in [0.2, 0.25) is 0 Å². The Morgan fingerprint density at radius 1 is 1.30 bits per heavy atom. The molecule has 2 heterocycles. The van der Waals surface area contributed by atoms with Gasteiger partial charge in [-0.3, -0.25) is 0 Å². The summed E-state index contributed by atoms with van der Waals surface area (Å²) in [5.74, 6) is 1.12. The van der Waals surface area contributed by atoms with E-state index in [0.717, 1.165) is 12.3 Å². The minimum absolute atomic E-state index is 0. The van der Waals surface area contributed by atoms with Crippen LogP contribution in [0.25, 0.3) is 16.8 Å². The van der Waals surface area contributed by atoms with Crippen molar-refractivity contribution in [2.75, 3.05) is 0 Å². The lowest BCUT2D eigenvalue weighted by atomic mass is 9.93. The number of aromatic nitrogens is 3. The maximum atomic E-state index is 3.86. The van der Waals surface area contributed by atoms with E-state index in [0.29, 0.717) is 0 Å². The van der Waals surface area contributed by atoms with Crippen LogP contribution in [0.3, 0.4) is 0 Å². The smallest absolute Gasteiger partial charge is 0.368 e. The number of para-hydroxylation sites is 2. The number of hydrogen-bond donors (Lipinski definition) is 1. The van der Waals surface area contributed by atoms with Gasteiger partial charge in [-0.1, -0.05) is 45.6 Å². The maximum absolute atomic E-state index is 3.86. The lowest BCUT2D eigenvalue weighted by Crippen LogP contribution is -3.00. The summed E-state index contributed by atoms with van der Waals surface area (Å²) in [5.41, 5.74) is 3.82. The third-order valence-electron chi connectivity index (χ3n) is 3.54. The number of imidazole rings is 2. The molecule has 2 aromatic heterocycles. The molecule has 0 aliphatic rings. The molecule has 3 aromatic rings. The summed E-state index contributed by atoms with van der Waals surface area (Å²) < 4.78 is 4.50. The second-order valence-electron chi connectivity index (χ2n) is 6.00. The van der Waals surface area contributed by atoms with E-state index in [1.165, 1.54) is 16.7 Å². The summed E-state index contributed by atoms with van der Waals surface area (Å²) in [5, 5.41) is 0. The van der Waals surface area contributed by atoms with E-state index in [-0.39, 0.29) is 17.8 Å². The van der Waals surface area contributed by atoms with Crippen LogP contribution in [0.1, 0.15) is 26.5 Å². The third-order valence-corrected chi connectivity index (χ3v) is 3.54. The molecule has 3 rings (SSSR count).